The Morgan fingerprint density at radius 1 is 1.28 bits per heavy atom. The van der Waals surface area contributed by atoms with Gasteiger partial charge in [-0.15, -0.1) is 0 Å². The molecule has 1 N–H and O–H groups in total. The van der Waals surface area contributed by atoms with E-state index in [1.807, 2.05) is 0 Å². The maximum absolute atomic E-state index is 13.8. The summed E-state index contributed by atoms with van der Waals surface area (Å²) in [6.07, 6.45) is 0. The van der Waals surface area contributed by atoms with Crippen molar-refractivity contribution in [2.75, 3.05) is 7.11 Å². The fourth-order valence-corrected chi connectivity index (χ4v) is 3.90. The van der Waals surface area contributed by atoms with Crippen LogP contribution in [-0.2, 0) is 10.0 Å². The Morgan fingerprint density at radius 3 is 2.52 bits per heavy atom. The van der Waals surface area contributed by atoms with E-state index in [0.717, 1.165) is 0 Å². The molecule has 0 heterocycles. The van der Waals surface area contributed by atoms with Gasteiger partial charge in [-0.05, 0) is 37.6 Å². The van der Waals surface area contributed by atoms with Crippen LogP contribution in [0.1, 0.15) is 24.1 Å². The highest BCUT2D eigenvalue weighted by atomic mass is 32.2. The van der Waals surface area contributed by atoms with E-state index in [1.54, 1.807) is 6.92 Å². The van der Waals surface area contributed by atoms with Crippen LogP contribution in [0.5, 0.6) is 5.75 Å². The molecular weight excluding hydrogens is 351 g/mol. The fourth-order valence-electron chi connectivity index (χ4n) is 2.41. The van der Waals surface area contributed by atoms with Gasteiger partial charge in [0.05, 0.1) is 16.9 Å². The third-order valence-corrected chi connectivity index (χ3v) is 5.43. The van der Waals surface area contributed by atoms with E-state index in [2.05, 4.69) is 4.72 Å². The van der Waals surface area contributed by atoms with Crippen molar-refractivity contribution in [2.45, 2.75) is 24.8 Å². The third kappa shape index (κ3) is 3.94. The number of rotatable bonds is 6. The normalized spacial score (nSPS) is 12.6. The molecule has 0 unspecified atom stereocenters. The molecule has 0 aliphatic carbocycles. The molecule has 0 aliphatic heterocycles. The molecular formula is C16H17FN2O5S. The molecule has 0 saturated heterocycles. The Hall–Kier alpha value is -2.52. The van der Waals surface area contributed by atoms with E-state index in [4.69, 9.17) is 4.74 Å². The number of hydrogen-bond donors (Lipinski definition) is 1. The predicted octanol–water partition coefficient (Wildman–Crippen LogP) is 3.09. The minimum atomic E-state index is -4.03. The van der Waals surface area contributed by atoms with Gasteiger partial charge in [0.25, 0.3) is 5.69 Å². The molecule has 0 spiro atoms. The lowest BCUT2D eigenvalue weighted by Crippen LogP contribution is -2.27. The van der Waals surface area contributed by atoms with Crippen LogP contribution in [-0.4, -0.2) is 20.5 Å². The Balaban J connectivity index is 2.34. The van der Waals surface area contributed by atoms with E-state index in [1.165, 1.54) is 50.4 Å². The zero-order chi connectivity index (χ0) is 18.8. The van der Waals surface area contributed by atoms with Gasteiger partial charge in [-0.3, -0.25) is 10.1 Å². The van der Waals surface area contributed by atoms with E-state index >= 15 is 0 Å². The van der Waals surface area contributed by atoms with Crippen molar-refractivity contribution in [3.05, 3.63) is 63.5 Å². The second-order valence-electron chi connectivity index (χ2n) is 5.39. The standard InChI is InChI=1S/C16H17FN2O5S/c1-10-14(19(20)21)5-4-6-16(10)25(22,23)18-11(2)12-7-8-15(24-3)13(17)9-12/h4-9,11,18H,1-3H3/t11-/m0/s1. The van der Waals surface area contributed by atoms with Crippen molar-refractivity contribution in [3.8, 4) is 5.75 Å². The summed E-state index contributed by atoms with van der Waals surface area (Å²) >= 11 is 0. The molecule has 9 heteroatoms. The fraction of sp³-hybridized carbons (Fsp3) is 0.250. The summed E-state index contributed by atoms with van der Waals surface area (Å²) in [6, 6.07) is 7.18. The largest absolute Gasteiger partial charge is 0.494 e. The average Bonchev–Trinajstić information content (AvgIpc) is 2.54. The molecule has 2 aromatic carbocycles. The first-order chi connectivity index (χ1) is 11.7. The van der Waals surface area contributed by atoms with Gasteiger partial charge in [0, 0.05) is 17.7 Å². The number of benzene rings is 2. The van der Waals surface area contributed by atoms with Crippen LogP contribution in [0.4, 0.5) is 10.1 Å². The van der Waals surface area contributed by atoms with Gasteiger partial charge in [-0.25, -0.2) is 17.5 Å². The highest BCUT2D eigenvalue weighted by molar-refractivity contribution is 7.89. The van der Waals surface area contributed by atoms with E-state index in [9.17, 15) is 22.9 Å². The summed E-state index contributed by atoms with van der Waals surface area (Å²) in [7, 11) is -2.70. The van der Waals surface area contributed by atoms with Crippen molar-refractivity contribution in [2.24, 2.45) is 0 Å². The first kappa shape index (κ1) is 18.8. The second kappa shape index (κ2) is 7.16. The number of nitro benzene ring substituents is 1. The number of hydrogen-bond acceptors (Lipinski definition) is 5. The summed E-state index contributed by atoms with van der Waals surface area (Å²) in [4.78, 5) is 10.1. The second-order valence-corrected chi connectivity index (χ2v) is 7.08. The van der Waals surface area contributed by atoms with Gasteiger partial charge < -0.3 is 4.74 Å². The summed E-state index contributed by atoms with van der Waals surface area (Å²) in [5, 5.41) is 11.0. The van der Waals surface area contributed by atoms with E-state index < -0.39 is 26.8 Å². The molecule has 1 atom stereocenters. The maximum atomic E-state index is 13.8. The number of nitrogens with zero attached hydrogens (tertiary/aromatic N) is 1. The summed E-state index contributed by atoms with van der Waals surface area (Å²) in [6.45, 7) is 2.91. The van der Waals surface area contributed by atoms with Crippen LogP contribution < -0.4 is 9.46 Å². The van der Waals surface area contributed by atoms with Crippen molar-refractivity contribution >= 4 is 15.7 Å². The molecule has 2 aromatic rings. The molecule has 0 bridgehead atoms. The summed E-state index contributed by atoms with van der Waals surface area (Å²) in [5.41, 5.74) is 0.143. The first-order valence-corrected chi connectivity index (χ1v) is 8.75. The van der Waals surface area contributed by atoms with Gasteiger partial charge >= 0.3 is 0 Å². The molecule has 0 amide bonds. The lowest BCUT2D eigenvalue weighted by Gasteiger charge is -2.16. The Morgan fingerprint density at radius 2 is 1.96 bits per heavy atom. The Labute approximate surface area is 144 Å². The zero-order valence-electron chi connectivity index (χ0n) is 13.8. The van der Waals surface area contributed by atoms with E-state index in [-0.39, 0.29) is 21.9 Å². The summed E-state index contributed by atoms with van der Waals surface area (Å²) in [5.74, 6) is -0.564. The highest BCUT2D eigenvalue weighted by Crippen LogP contribution is 2.27. The number of ether oxygens (including phenoxy) is 1. The quantitative estimate of drug-likeness (QED) is 0.624. The van der Waals surface area contributed by atoms with Gasteiger partial charge in [0.1, 0.15) is 0 Å². The Kier molecular flexibility index (Phi) is 5.39. The van der Waals surface area contributed by atoms with Crippen LogP contribution in [0.3, 0.4) is 0 Å². The molecule has 0 radical (unpaired) electrons. The highest BCUT2D eigenvalue weighted by Gasteiger charge is 2.25. The number of nitro groups is 1. The maximum Gasteiger partial charge on any atom is 0.273 e. The molecule has 0 fully saturated rings. The summed E-state index contributed by atoms with van der Waals surface area (Å²) < 4.78 is 46.2. The van der Waals surface area contributed by atoms with Crippen LogP contribution in [0.25, 0.3) is 0 Å². The smallest absolute Gasteiger partial charge is 0.273 e. The number of sulfonamides is 1. The average molecular weight is 368 g/mol. The SMILES string of the molecule is COc1ccc([C@H](C)NS(=O)(=O)c2cccc([N+](=O)[O-])c2C)cc1F. The minimum Gasteiger partial charge on any atom is -0.494 e. The molecule has 134 valence electrons. The van der Waals surface area contributed by atoms with Gasteiger partial charge in [0.2, 0.25) is 10.0 Å². The molecule has 0 aromatic heterocycles. The van der Waals surface area contributed by atoms with E-state index in [0.29, 0.717) is 5.56 Å². The van der Waals surface area contributed by atoms with Crippen molar-refractivity contribution in [3.63, 3.8) is 0 Å². The van der Waals surface area contributed by atoms with Crippen LogP contribution in [0.15, 0.2) is 41.3 Å². The number of methoxy groups -OCH3 is 1. The predicted molar refractivity (Wildman–Crippen MR) is 89.5 cm³/mol. The molecule has 25 heavy (non-hydrogen) atoms. The lowest BCUT2D eigenvalue weighted by atomic mass is 10.1. The molecule has 0 saturated carbocycles. The zero-order valence-corrected chi connectivity index (χ0v) is 14.6. The van der Waals surface area contributed by atoms with Crippen LogP contribution in [0, 0.1) is 22.9 Å². The van der Waals surface area contributed by atoms with Crippen LogP contribution >= 0.6 is 0 Å². The molecule has 7 nitrogen and oxygen atoms in total. The van der Waals surface area contributed by atoms with Crippen molar-refractivity contribution in [1.82, 2.24) is 4.72 Å². The van der Waals surface area contributed by atoms with Gasteiger partial charge in [-0.1, -0.05) is 12.1 Å². The Bertz CT molecular complexity index is 915. The van der Waals surface area contributed by atoms with Gasteiger partial charge in [-0.2, -0.15) is 0 Å². The van der Waals surface area contributed by atoms with Crippen molar-refractivity contribution in [1.29, 1.82) is 0 Å². The number of halogens is 1. The monoisotopic (exact) mass is 368 g/mol. The third-order valence-electron chi connectivity index (χ3n) is 3.75. The minimum absolute atomic E-state index is 0.0353. The topological polar surface area (TPSA) is 98.5 Å². The van der Waals surface area contributed by atoms with Gasteiger partial charge in [0.15, 0.2) is 11.6 Å². The van der Waals surface area contributed by atoms with Crippen molar-refractivity contribution < 1.29 is 22.5 Å². The lowest BCUT2D eigenvalue weighted by molar-refractivity contribution is -0.385. The molecule has 2 rings (SSSR count). The molecule has 0 aliphatic rings. The first-order valence-electron chi connectivity index (χ1n) is 7.27. The number of nitrogens with one attached hydrogen (secondary N) is 1. The van der Waals surface area contributed by atoms with Crippen LogP contribution in [0.2, 0.25) is 0 Å².